The fourth-order valence-electron chi connectivity index (χ4n) is 3.47. The minimum absolute atomic E-state index is 0.0892. The lowest BCUT2D eigenvalue weighted by Crippen LogP contribution is -2.17. The summed E-state index contributed by atoms with van der Waals surface area (Å²) in [4.78, 5) is 18.4. The molecule has 2 fully saturated rings. The monoisotopic (exact) mass is 384 g/mol. The third kappa shape index (κ3) is 7.63. The molecule has 142 valence electrons. The lowest BCUT2D eigenvalue weighted by atomic mass is 9.97. The summed E-state index contributed by atoms with van der Waals surface area (Å²) in [5.41, 5.74) is 9.64. The molecule has 0 aliphatic heterocycles. The van der Waals surface area contributed by atoms with Gasteiger partial charge in [-0.2, -0.15) is 0 Å². The standard InChI is InChI=1S/C14H30N2O6P2/c15-23(18,19)11-13(7-8-13)5-1-3-12(17)4-2-6-14(9-10-14)22-24(16,20)21/h12,17H,1-11H2,(H3,15,18,19)(H3,16,20,21). The van der Waals surface area contributed by atoms with Gasteiger partial charge in [-0.15, -0.1) is 0 Å². The number of nitrogens with two attached hydrogens (primary N) is 2. The molecule has 2 rings (SSSR count). The zero-order valence-corrected chi connectivity index (χ0v) is 15.8. The van der Waals surface area contributed by atoms with E-state index in [1.807, 2.05) is 0 Å². The van der Waals surface area contributed by atoms with Crippen molar-refractivity contribution in [3.05, 3.63) is 0 Å². The average Bonchev–Trinajstić information content (AvgIpc) is 3.26. The zero-order chi connectivity index (χ0) is 18.1. The molecule has 8 nitrogen and oxygen atoms in total. The van der Waals surface area contributed by atoms with E-state index in [1.54, 1.807) is 0 Å². The number of aliphatic hydroxyl groups is 1. The van der Waals surface area contributed by atoms with E-state index in [4.69, 9.17) is 20.4 Å². The van der Waals surface area contributed by atoms with Crippen molar-refractivity contribution >= 4 is 15.3 Å². The Bertz CT molecular complexity index is 477. The summed E-state index contributed by atoms with van der Waals surface area (Å²) in [6.07, 6.45) is 7.27. The summed E-state index contributed by atoms with van der Waals surface area (Å²) in [5, 5.41) is 10.1. The van der Waals surface area contributed by atoms with Gasteiger partial charge in [0.2, 0.25) is 0 Å². The maximum Gasteiger partial charge on any atom is 0.400 e. The third-order valence-corrected chi connectivity index (χ3v) is 6.84. The Kier molecular flexibility index (Phi) is 6.38. The van der Waals surface area contributed by atoms with Crippen LogP contribution in [0.5, 0.6) is 0 Å². The SMILES string of the molecule is NP(=O)(O)CC1(CCCC(O)CCCC2(OP(N)(=O)O)CC2)CC1. The Hall–Kier alpha value is 0.220. The second kappa shape index (κ2) is 7.45. The van der Waals surface area contributed by atoms with Crippen molar-refractivity contribution in [2.24, 2.45) is 16.4 Å². The lowest BCUT2D eigenvalue weighted by Gasteiger charge is -2.19. The first-order chi connectivity index (χ1) is 10.9. The first-order valence-corrected chi connectivity index (χ1v) is 12.1. The van der Waals surface area contributed by atoms with Crippen molar-refractivity contribution in [1.29, 1.82) is 0 Å². The molecule has 24 heavy (non-hydrogen) atoms. The Morgan fingerprint density at radius 3 is 1.96 bits per heavy atom. The van der Waals surface area contributed by atoms with Gasteiger partial charge in [-0.25, -0.2) is 10.1 Å². The quantitative estimate of drug-likeness (QED) is 0.321. The summed E-state index contributed by atoms with van der Waals surface area (Å²) in [6, 6.07) is 0. The minimum Gasteiger partial charge on any atom is -0.393 e. The van der Waals surface area contributed by atoms with Crippen LogP contribution in [-0.2, 0) is 13.7 Å². The molecule has 2 aliphatic rings. The summed E-state index contributed by atoms with van der Waals surface area (Å²) in [5.74, 6) is 0. The molecular formula is C14H30N2O6P2. The predicted octanol–water partition coefficient (Wildman–Crippen LogP) is 2.22. The Labute approximate surface area is 143 Å². The average molecular weight is 384 g/mol. The normalized spacial score (nSPS) is 27.0. The smallest absolute Gasteiger partial charge is 0.393 e. The van der Waals surface area contributed by atoms with E-state index in [2.05, 4.69) is 0 Å². The van der Waals surface area contributed by atoms with Crippen molar-refractivity contribution in [2.75, 3.05) is 6.16 Å². The third-order valence-electron chi connectivity index (χ3n) is 5.07. The van der Waals surface area contributed by atoms with E-state index in [-0.39, 0.29) is 11.6 Å². The van der Waals surface area contributed by atoms with Gasteiger partial charge in [0.1, 0.15) is 0 Å². The van der Waals surface area contributed by atoms with Crippen LogP contribution in [0.4, 0.5) is 0 Å². The van der Waals surface area contributed by atoms with Gasteiger partial charge in [-0.05, 0) is 63.2 Å². The van der Waals surface area contributed by atoms with Crippen LogP contribution in [0.3, 0.4) is 0 Å². The molecule has 0 bridgehead atoms. The van der Waals surface area contributed by atoms with E-state index in [9.17, 15) is 19.1 Å². The molecule has 0 aromatic heterocycles. The zero-order valence-electron chi connectivity index (χ0n) is 14.0. The molecule has 0 aromatic carbocycles. The van der Waals surface area contributed by atoms with E-state index in [0.717, 1.165) is 38.5 Å². The summed E-state index contributed by atoms with van der Waals surface area (Å²) in [6.45, 7) is 0. The van der Waals surface area contributed by atoms with Gasteiger partial charge in [0, 0.05) is 6.16 Å². The molecule has 3 unspecified atom stereocenters. The topological polar surface area (TPSA) is 156 Å². The highest BCUT2D eigenvalue weighted by Gasteiger charge is 2.47. The van der Waals surface area contributed by atoms with Crippen molar-refractivity contribution in [2.45, 2.75) is 75.9 Å². The van der Waals surface area contributed by atoms with E-state index in [0.29, 0.717) is 25.7 Å². The maximum atomic E-state index is 11.3. The van der Waals surface area contributed by atoms with E-state index >= 15 is 0 Å². The molecule has 0 amide bonds. The van der Waals surface area contributed by atoms with Crippen molar-refractivity contribution < 1.29 is 28.5 Å². The molecular weight excluding hydrogens is 354 g/mol. The van der Waals surface area contributed by atoms with Gasteiger partial charge in [0.15, 0.2) is 0 Å². The number of hydrogen-bond donors (Lipinski definition) is 5. The van der Waals surface area contributed by atoms with Gasteiger partial charge in [0.25, 0.3) is 7.52 Å². The summed E-state index contributed by atoms with van der Waals surface area (Å²) in [7, 11) is -7.42. The molecule has 7 N–H and O–H groups in total. The van der Waals surface area contributed by atoms with Crippen LogP contribution in [0, 0.1) is 5.41 Å². The molecule has 0 spiro atoms. The fraction of sp³-hybridized carbons (Fsp3) is 1.00. The Morgan fingerprint density at radius 1 is 1.00 bits per heavy atom. The summed E-state index contributed by atoms with van der Waals surface area (Å²) >= 11 is 0. The molecule has 3 atom stereocenters. The van der Waals surface area contributed by atoms with Gasteiger partial charge in [0.05, 0.1) is 11.7 Å². The van der Waals surface area contributed by atoms with Crippen LogP contribution in [0.25, 0.3) is 0 Å². The van der Waals surface area contributed by atoms with Crippen molar-refractivity contribution in [3.63, 3.8) is 0 Å². The fourth-order valence-corrected chi connectivity index (χ4v) is 5.73. The molecule has 0 saturated heterocycles. The van der Waals surface area contributed by atoms with Crippen molar-refractivity contribution in [1.82, 2.24) is 0 Å². The van der Waals surface area contributed by atoms with Gasteiger partial charge in [-0.3, -0.25) is 14.6 Å². The summed E-state index contributed by atoms with van der Waals surface area (Å²) < 4.78 is 27.5. The van der Waals surface area contributed by atoms with E-state index < -0.39 is 27.0 Å². The molecule has 0 aromatic rings. The highest BCUT2D eigenvalue weighted by atomic mass is 31.2. The molecule has 0 heterocycles. The number of hydrogen-bond acceptors (Lipinski definition) is 4. The lowest BCUT2D eigenvalue weighted by molar-refractivity contribution is 0.118. The molecule has 10 heteroatoms. The predicted molar refractivity (Wildman–Crippen MR) is 91.3 cm³/mol. The maximum absolute atomic E-state index is 11.3. The van der Waals surface area contributed by atoms with Gasteiger partial charge < -0.3 is 14.9 Å². The molecule has 2 saturated carbocycles. The second-order valence-electron chi connectivity index (χ2n) is 7.69. The van der Waals surface area contributed by atoms with Crippen LogP contribution >= 0.6 is 15.3 Å². The largest absolute Gasteiger partial charge is 0.400 e. The van der Waals surface area contributed by atoms with Crippen LogP contribution < -0.4 is 11.0 Å². The highest BCUT2D eigenvalue weighted by molar-refractivity contribution is 7.55. The van der Waals surface area contributed by atoms with E-state index in [1.165, 1.54) is 0 Å². The molecule has 0 radical (unpaired) electrons. The van der Waals surface area contributed by atoms with Crippen LogP contribution in [0.1, 0.15) is 64.2 Å². The Morgan fingerprint density at radius 2 is 1.54 bits per heavy atom. The first kappa shape index (κ1) is 20.5. The number of aliphatic hydroxyl groups excluding tert-OH is 1. The molecule has 2 aliphatic carbocycles. The number of rotatable bonds is 12. The first-order valence-electron chi connectivity index (χ1n) is 8.53. The van der Waals surface area contributed by atoms with Crippen LogP contribution in [0.2, 0.25) is 0 Å². The second-order valence-corrected chi connectivity index (χ2v) is 10.8. The van der Waals surface area contributed by atoms with Gasteiger partial charge in [-0.1, -0.05) is 6.42 Å². The Balaban J connectivity index is 1.58. The minimum atomic E-state index is -3.95. The highest BCUT2D eigenvalue weighted by Crippen LogP contribution is 2.57. The van der Waals surface area contributed by atoms with Gasteiger partial charge >= 0.3 is 7.75 Å². The van der Waals surface area contributed by atoms with Crippen molar-refractivity contribution in [3.8, 4) is 0 Å². The van der Waals surface area contributed by atoms with Crippen LogP contribution in [0.15, 0.2) is 0 Å². The van der Waals surface area contributed by atoms with Crippen LogP contribution in [-0.4, -0.2) is 32.8 Å².